The third kappa shape index (κ3) is 3.69. The van der Waals surface area contributed by atoms with Crippen LogP contribution in [0.4, 0.5) is 0 Å². The highest BCUT2D eigenvalue weighted by atomic mass is 32.2. The van der Waals surface area contributed by atoms with Gasteiger partial charge in [-0.25, -0.2) is 0 Å². The molecule has 0 spiro atoms. The van der Waals surface area contributed by atoms with Crippen LogP contribution >= 0.6 is 11.8 Å². The first-order valence-corrected chi connectivity index (χ1v) is 6.83. The molecule has 0 amide bonds. The average Bonchev–Trinajstić information content (AvgIpc) is 3.07. The van der Waals surface area contributed by atoms with E-state index < -0.39 is 0 Å². The molecule has 1 aromatic carbocycles. The molecule has 1 aliphatic rings. The molecular formula is C14H18OS. The average molecular weight is 234 g/mol. The Morgan fingerprint density at radius 3 is 2.81 bits per heavy atom. The quantitative estimate of drug-likeness (QED) is 0.307. The van der Waals surface area contributed by atoms with Gasteiger partial charge in [0.05, 0.1) is 12.2 Å². The standard InChI is InChI=1S/C14H18OS/c1-2-3-5-10-13-14(15-13)11-16-12-8-6-4-7-9-12/h2,4,6-9,13-14H,1,3,5,10-11H2/t13-,14-/m0/s1. The maximum Gasteiger partial charge on any atom is 0.0935 e. The second-order valence-electron chi connectivity index (χ2n) is 4.06. The molecule has 0 bridgehead atoms. The third-order valence-electron chi connectivity index (χ3n) is 2.74. The molecule has 0 aromatic heterocycles. The molecule has 1 heterocycles. The van der Waals surface area contributed by atoms with E-state index in [1.165, 1.54) is 17.7 Å². The van der Waals surface area contributed by atoms with E-state index in [4.69, 9.17) is 4.74 Å². The number of epoxide rings is 1. The van der Waals surface area contributed by atoms with Crippen molar-refractivity contribution < 1.29 is 4.74 Å². The van der Waals surface area contributed by atoms with Gasteiger partial charge in [0.2, 0.25) is 0 Å². The molecule has 1 aromatic rings. The summed E-state index contributed by atoms with van der Waals surface area (Å²) in [7, 11) is 0. The van der Waals surface area contributed by atoms with Gasteiger partial charge >= 0.3 is 0 Å². The lowest BCUT2D eigenvalue weighted by atomic mass is 10.1. The first-order valence-electron chi connectivity index (χ1n) is 5.84. The summed E-state index contributed by atoms with van der Waals surface area (Å²) < 4.78 is 5.63. The first-order chi connectivity index (χ1) is 7.90. The fourth-order valence-corrected chi connectivity index (χ4v) is 2.74. The van der Waals surface area contributed by atoms with Crippen LogP contribution < -0.4 is 0 Å². The Bertz CT molecular complexity index is 323. The molecule has 0 radical (unpaired) electrons. The van der Waals surface area contributed by atoms with Gasteiger partial charge in [0.25, 0.3) is 0 Å². The summed E-state index contributed by atoms with van der Waals surface area (Å²) in [6, 6.07) is 10.5. The molecule has 2 rings (SSSR count). The van der Waals surface area contributed by atoms with Crippen LogP contribution in [0, 0.1) is 0 Å². The lowest BCUT2D eigenvalue weighted by Gasteiger charge is -1.97. The van der Waals surface area contributed by atoms with E-state index in [1.807, 2.05) is 17.8 Å². The Morgan fingerprint density at radius 1 is 1.25 bits per heavy atom. The molecule has 1 fully saturated rings. The number of unbranched alkanes of at least 4 members (excludes halogenated alkanes) is 1. The van der Waals surface area contributed by atoms with Crippen molar-refractivity contribution in [3.05, 3.63) is 43.0 Å². The van der Waals surface area contributed by atoms with E-state index >= 15 is 0 Å². The van der Waals surface area contributed by atoms with Crippen LogP contribution in [-0.2, 0) is 4.74 Å². The van der Waals surface area contributed by atoms with Gasteiger partial charge in [-0.15, -0.1) is 18.3 Å². The predicted molar refractivity (Wildman–Crippen MR) is 69.9 cm³/mol. The predicted octanol–water partition coefficient (Wildman–Crippen LogP) is 3.90. The zero-order valence-electron chi connectivity index (χ0n) is 9.47. The van der Waals surface area contributed by atoms with E-state index in [-0.39, 0.29) is 0 Å². The SMILES string of the molecule is C=CCCC[C@@H]1O[C@H]1CSc1ccccc1. The Hall–Kier alpha value is -0.730. The topological polar surface area (TPSA) is 12.5 Å². The minimum atomic E-state index is 0.482. The van der Waals surface area contributed by atoms with Gasteiger partial charge in [-0.05, 0) is 31.4 Å². The summed E-state index contributed by atoms with van der Waals surface area (Å²) in [5.41, 5.74) is 0. The number of allylic oxidation sites excluding steroid dienone is 1. The van der Waals surface area contributed by atoms with Crippen LogP contribution in [0.1, 0.15) is 19.3 Å². The smallest absolute Gasteiger partial charge is 0.0935 e. The van der Waals surface area contributed by atoms with E-state index in [9.17, 15) is 0 Å². The normalized spacial score (nSPS) is 23.0. The van der Waals surface area contributed by atoms with Crippen molar-refractivity contribution in [3.63, 3.8) is 0 Å². The van der Waals surface area contributed by atoms with Gasteiger partial charge < -0.3 is 4.74 Å². The number of rotatable bonds is 7. The van der Waals surface area contributed by atoms with E-state index in [2.05, 4.69) is 36.9 Å². The third-order valence-corrected chi connectivity index (χ3v) is 3.84. The molecule has 0 aliphatic carbocycles. The summed E-state index contributed by atoms with van der Waals surface area (Å²) in [6.45, 7) is 3.73. The summed E-state index contributed by atoms with van der Waals surface area (Å²) in [4.78, 5) is 1.34. The molecule has 0 unspecified atom stereocenters. The number of ether oxygens (including phenoxy) is 1. The van der Waals surface area contributed by atoms with E-state index in [0.29, 0.717) is 12.2 Å². The highest BCUT2D eigenvalue weighted by Gasteiger charge is 2.37. The lowest BCUT2D eigenvalue weighted by Crippen LogP contribution is -1.96. The molecule has 0 saturated carbocycles. The Morgan fingerprint density at radius 2 is 2.06 bits per heavy atom. The molecule has 1 saturated heterocycles. The Kier molecular flexibility index (Phi) is 4.49. The van der Waals surface area contributed by atoms with E-state index in [0.717, 1.165) is 12.2 Å². The van der Waals surface area contributed by atoms with Gasteiger partial charge in [-0.3, -0.25) is 0 Å². The lowest BCUT2D eigenvalue weighted by molar-refractivity contribution is 0.369. The fraction of sp³-hybridized carbons (Fsp3) is 0.429. The summed E-state index contributed by atoms with van der Waals surface area (Å²) in [5, 5.41) is 0. The summed E-state index contributed by atoms with van der Waals surface area (Å²) >= 11 is 1.89. The minimum Gasteiger partial charge on any atom is -0.369 e. The van der Waals surface area contributed by atoms with Crippen molar-refractivity contribution in [2.75, 3.05) is 5.75 Å². The van der Waals surface area contributed by atoms with Crippen LogP contribution in [0.2, 0.25) is 0 Å². The molecule has 0 N–H and O–H groups in total. The summed E-state index contributed by atoms with van der Waals surface area (Å²) in [6.07, 6.45) is 6.48. The Balaban J connectivity index is 1.61. The molecule has 2 heteroatoms. The zero-order chi connectivity index (χ0) is 11.2. The molecule has 2 atom stereocenters. The largest absolute Gasteiger partial charge is 0.369 e. The first kappa shape index (κ1) is 11.7. The monoisotopic (exact) mass is 234 g/mol. The fourth-order valence-electron chi connectivity index (χ4n) is 1.74. The van der Waals surface area contributed by atoms with Crippen LogP contribution in [0.25, 0.3) is 0 Å². The second-order valence-corrected chi connectivity index (χ2v) is 5.15. The van der Waals surface area contributed by atoms with Crippen molar-refractivity contribution in [2.24, 2.45) is 0 Å². The highest BCUT2D eigenvalue weighted by molar-refractivity contribution is 7.99. The number of hydrogen-bond donors (Lipinski definition) is 0. The van der Waals surface area contributed by atoms with Crippen molar-refractivity contribution >= 4 is 11.8 Å². The number of benzene rings is 1. The molecule has 1 nitrogen and oxygen atoms in total. The number of thioether (sulfide) groups is 1. The highest BCUT2D eigenvalue weighted by Crippen LogP contribution is 2.32. The van der Waals surface area contributed by atoms with Gasteiger partial charge in [0.15, 0.2) is 0 Å². The van der Waals surface area contributed by atoms with E-state index in [1.54, 1.807) is 0 Å². The molecular weight excluding hydrogens is 216 g/mol. The Labute approximate surface area is 102 Å². The molecule has 1 aliphatic heterocycles. The van der Waals surface area contributed by atoms with Crippen LogP contribution in [0.3, 0.4) is 0 Å². The zero-order valence-corrected chi connectivity index (χ0v) is 10.3. The van der Waals surface area contributed by atoms with Gasteiger partial charge in [0, 0.05) is 10.6 Å². The maximum atomic E-state index is 5.63. The van der Waals surface area contributed by atoms with Gasteiger partial charge in [-0.1, -0.05) is 24.3 Å². The summed E-state index contributed by atoms with van der Waals surface area (Å²) in [5.74, 6) is 1.09. The maximum absolute atomic E-state index is 5.63. The van der Waals surface area contributed by atoms with Crippen LogP contribution in [-0.4, -0.2) is 18.0 Å². The van der Waals surface area contributed by atoms with Crippen molar-refractivity contribution in [1.82, 2.24) is 0 Å². The molecule has 16 heavy (non-hydrogen) atoms. The van der Waals surface area contributed by atoms with Crippen molar-refractivity contribution in [1.29, 1.82) is 0 Å². The molecule has 86 valence electrons. The second kappa shape index (κ2) is 6.12. The van der Waals surface area contributed by atoms with Crippen LogP contribution in [0.5, 0.6) is 0 Å². The van der Waals surface area contributed by atoms with Gasteiger partial charge in [-0.2, -0.15) is 0 Å². The minimum absolute atomic E-state index is 0.482. The number of hydrogen-bond acceptors (Lipinski definition) is 2. The van der Waals surface area contributed by atoms with Gasteiger partial charge in [0.1, 0.15) is 0 Å². The van der Waals surface area contributed by atoms with Crippen molar-refractivity contribution in [2.45, 2.75) is 36.4 Å². The van der Waals surface area contributed by atoms with Crippen LogP contribution in [0.15, 0.2) is 47.9 Å². The van der Waals surface area contributed by atoms with Crippen molar-refractivity contribution in [3.8, 4) is 0 Å².